The Labute approximate surface area is 80.1 Å². The Hall–Kier alpha value is -0.570. The molecule has 3 heteroatoms. The average molecular weight is 184 g/mol. The van der Waals surface area contributed by atoms with Crippen LogP contribution in [0.1, 0.15) is 38.5 Å². The average Bonchev–Trinajstić information content (AvgIpc) is 2.18. The Bertz CT molecular complexity index is 164. The van der Waals surface area contributed by atoms with Gasteiger partial charge in [-0.3, -0.25) is 4.79 Å². The summed E-state index contributed by atoms with van der Waals surface area (Å²) in [4.78, 5) is 11.1. The van der Waals surface area contributed by atoms with Crippen LogP contribution in [-0.4, -0.2) is 19.0 Å². The second-order valence-electron chi connectivity index (χ2n) is 3.96. The van der Waals surface area contributed by atoms with Gasteiger partial charge in [-0.05, 0) is 12.3 Å². The molecule has 1 aliphatic rings. The lowest BCUT2D eigenvalue weighted by atomic mass is 9.85. The molecule has 1 aliphatic carbocycles. The van der Waals surface area contributed by atoms with Crippen molar-refractivity contribution in [3.8, 4) is 0 Å². The van der Waals surface area contributed by atoms with Crippen LogP contribution in [0.25, 0.3) is 0 Å². The highest BCUT2D eigenvalue weighted by atomic mass is 16.2. The lowest BCUT2D eigenvalue weighted by molar-refractivity contribution is -0.122. The summed E-state index contributed by atoms with van der Waals surface area (Å²) in [5.41, 5.74) is 5.75. The number of hydrogen-bond donors (Lipinski definition) is 2. The zero-order valence-electron chi connectivity index (χ0n) is 8.38. The van der Waals surface area contributed by atoms with E-state index in [4.69, 9.17) is 5.73 Å². The van der Waals surface area contributed by atoms with Crippen molar-refractivity contribution in [2.75, 3.05) is 7.05 Å². The number of amides is 1. The third-order valence-corrected chi connectivity index (χ3v) is 2.90. The first-order valence-corrected chi connectivity index (χ1v) is 5.21. The molecule has 1 rings (SSSR count). The predicted octanol–water partition coefficient (Wildman–Crippen LogP) is 1.03. The summed E-state index contributed by atoms with van der Waals surface area (Å²) >= 11 is 0. The molecule has 1 amide bonds. The van der Waals surface area contributed by atoms with Crippen molar-refractivity contribution in [1.82, 2.24) is 5.32 Å². The predicted molar refractivity (Wildman–Crippen MR) is 53.2 cm³/mol. The van der Waals surface area contributed by atoms with Crippen molar-refractivity contribution in [2.24, 2.45) is 11.7 Å². The molecule has 3 nitrogen and oxygen atoms in total. The summed E-state index contributed by atoms with van der Waals surface area (Å²) in [6.07, 6.45) is 7.34. The van der Waals surface area contributed by atoms with Crippen LogP contribution in [-0.2, 0) is 4.79 Å². The van der Waals surface area contributed by atoms with E-state index in [1.54, 1.807) is 7.05 Å². The van der Waals surface area contributed by atoms with Gasteiger partial charge in [-0.2, -0.15) is 0 Å². The number of nitrogens with one attached hydrogen (secondary N) is 1. The summed E-state index contributed by atoms with van der Waals surface area (Å²) in [6, 6.07) is -0.298. The Morgan fingerprint density at radius 3 is 2.62 bits per heavy atom. The molecule has 76 valence electrons. The van der Waals surface area contributed by atoms with Crippen molar-refractivity contribution in [2.45, 2.75) is 44.6 Å². The monoisotopic (exact) mass is 184 g/mol. The van der Waals surface area contributed by atoms with E-state index in [1.165, 1.54) is 32.1 Å². The second kappa shape index (κ2) is 5.22. The van der Waals surface area contributed by atoms with Crippen LogP contribution >= 0.6 is 0 Å². The van der Waals surface area contributed by atoms with E-state index in [1.807, 2.05) is 0 Å². The normalized spacial score (nSPS) is 21.1. The van der Waals surface area contributed by atoms with E-state index in [0.29, 0.717) is 5.92 Å². The lowest BCUT2D eigenvalue weighted by Gasteiger charge is -2.23. The van der Waals surface area contributed by atoms with Crippen LogP contribution < -0.4 is 11.1 Å². The number of rotatable bonds is 3. The van der Waals surface area contributed by atoms with Crippen LogP contribution in [0.15, 0.2) is 0 Å². The molecule has 0 heterocycles. The molecule has 0 spiro atoms. The fourth-order valence-electron chi connectivity index (χ4n) is 2.07. The highest BCUT2D eigenvalue weighted by molar-refractivity contribution is 5.81. The Morgan fingerprint density at radius 1 is 1.46 bits per heavy atom. The maximum atomic E-state index is 11.1. The Balaban J connectivity index is 2.25. The largest absolute Gasteiger partial charge is 0.358 e. The number of hydrogen-bond acceptors (Lipinski definition) is 2. The van der Waals surface area contributed by atoms with Gasteiger partial charge in [-0.15, -0.1) is 0 Å². The van der Waals surface area contributed by atoms with Gasteiger partial charge in [-0.25, -0.2) is 0 Å². The summed E-state index contributed by atoms with van der Waals surface area (Å²) < 4.78 is 0. The van der Waals surface area contributed by atoms with Crippen LogP contribution in [0.3, 0.4) is 0 Å². The summed E-state index contributed by atoms with van der Waals surface area (Å²) in [5.74, 6) is 0.659. The zero-order chi connectivity index (χ0) is 9.68. The molecule has 1 saturated carbocycles. The zero-order valence-corrected chi connectivity index (χ0v) is 8.38. The van der Waals surface area contributed by atoms with Gasteiger partial charge in [0.05, 0.1) is 6.04 Å². The van der Waals surface area contributed by atoms with Crippen molar-refractivity contribution >= 4 is 5.91 Å². The molecule has 0 bridgehead atoms. The number of carbonyl (C=O) groups excluding carboxylic acids is 1. The third kappa shape index (κ3) is 3.35. The molecular formula is C10H20N2O. The molecule has 1 atom stereocenters. The van der Waals surface area contributed by atoms with E-state index >= 15 is 0 Å². The highest BCUT2D eigenvalue weighted by Crippen LogP contribution is 2.26. The number of carbonyl (C=O) groups is 1. The van der Waals surface area contributed by atoms with Gasteiger partial charge in [0, 0.05) is 7.05 Å². The van der Waals surface area contributed by atoms with Crippen LogP contribution in [0, 0.1) is 5.92 Å². The topological polar surface area (TPSA) is 55.1 Å². The van der Waals surface area contributed by atoms with E-state index < -0.39 is 0 Å². The van der Waals surface area contributed by atoms with Gasteiger partial charge in [0.25, 0.3) is 0 Å². The molecule has 1 fully saturated rings. The maximum Gasteiger partial charge on any atom is 0.236 e. The molecule has 0 aromatic rings. The SMILES string of the molecule is CNC(=O)[C@@H](N)CC1CCCCC1. The summed E-state index contributed by atoms with van der Waals surface area (Å²) in [7, 11) is 1.64. The molecule has 3 N–H and O–H groups in total. The van der Waals surface area contributed by atoms with Gasteiger partial charge >= 0.3 is 0 Å². The van der Waals surface area contributed by atoms with Crippen molar-refractivity contribution in [3.63, 3.8) is 0 Å². The fourth-order valence-corrected chi connectivity index (χ4v) is 2.07. The number of nitrogens with two attached hydrogens (primary N) is 1. The minimum atomic E-state index is -0.298. The quantitative estimate of drug-likeness (QED) is 0.688. The molecule has 0 aliphatic heterocycles. The molecule has 13 heavy (non-hydrogen) atoms. The molecule has 0 radical (unpaired) electrons. The first-order valence-electron chi connectivity index (χ1n) is 5.21. The Kier molecular flexibility index (Phi) is 4.22. The van der Waals surface area contributed by atoms with E-state index in [9.17, 15) is 4.79 Å². The first-order chi connectivity index (χ1) is 6.24. The van der Waals surface area contributed by atoms with E-state index in [-0.39, 0.29) is 11.9 Å². The summed E-state index contributed by atoms with van der Waals surface area (Å²) in [6.45, 7) is 0. The smallest absolute Gasteiger partial charge is 0.236 e. The molecule has 0 saturated heterocycles. The van der Waals surface area contributed by atoms with Gasteiger partial charge in [-0.1, -0.05) is 32.1 Å². The third-order valence-electron chi connectivity index (χ3n) is 2.90. The molecule has 0 aromatic heterocycles. The van der Waals surface area contributed by atoms with Crippen molar-refractivity contribution in [3.05, 3.63) is 0 Å². The maximum absolute atomic E-state index is 11.1. The van der Waals surface area contributed by atoms with Crippen molar-refractivity contribution in [1.29, 1.82) is 0 Å². The van der Waals surface area contributed by atoms with E-state index in [0.717, 1.165) is 6.42 Å². The molecular weight excluding hydrogens is 164 g/mol. The number of likely N-dealkylation sites (N-methyl/N-ethyl adjacent to an activating group) is 1. The summed E-state index contributed by atoms with van der Waals surface area (Å²) in [5, 5.41) is 2.59. The van der Waals surface area contributed by atoms with Crippen LogP contribution in [0.2, 0.25) is 0 Å². The minimum Gasteiger partial charge on any atom is -0.358 e. The van der Waals surface area contributed by atoms with Gasteiger partial charge in [0.15, 0.2) is 0 Å². The van der Waals surface area contributed by atoms with Crippen LogP contribution in [0.5, 0.6) is 0 Å². The van der Waals surface area contributed by atoms with E-state index in [2.05, 4.69) is 5.32 Å². The minimum absolute atomic E-state index is 0.0226. The van der Waals surface area contributed by atoms with Gasteiger partial charge in [0.1, 0.15) is 0 Å². The van der Waals surface area contributed by atoms with Gasteiger partial charge < -0.3 is 11.1 Å². The lowest BCUT2D eigenvalue weighted by Crippen LogP contribution is -2.40. The standard InChI is InChI=1S/C10H20N2O/c1-12-10(13)9(11)7-8-5-3-2-4-6-8/h8-9H,2-7,11H2,1H3,(H,12,13)/t9-/m0/s1. The van der Waals surface area contributed by atoms with Crippen LogP contribution in [0.4, 0.5) is 0 Å². The van der Waals surface area contributed by atoms with Crippen molar-refractivity contribution < 1.29 is 4.79 Å². The van der Waals surface area contributed by atoms with Gasteiger partial charge in [0.2, 0.25) is 5.91 Å². The first kappa shape index (κ1) is 10.5. The highest BCUT2D eigenvalue weighted by Gasteiger charge is 2.20. The molecule has 0 aromatic carbocycles. The Morgan fingerprint density at radius 2 is 2.08 bits per heavy atom. The fraction of sp³-hybridized carbons (Fsp3) is 0.900. The molecule has 0 unspecified atom stereocenters. The second-order valence-corrected chi connectivity index (χ2v) is 3.96.